The Morgan fingerprint density at radius 1 is 1.16 bits per heavy atom. The Morgan fingerprint density at radius 3 is 2.47 bits per heavy atom. The minimum atomic E-state index is -0.375. The second-order valence-corrected chi connectivity index (χ2v) is 4.62. The number of phenols is 1. The number of aromatic hydroxyl groups is 1. The lowest BCUT2D eigenvalue weighted by atomic mass is 10.2. The molecule has 2 N–H and O–H groups in total. The first-order valence-corrected chi connectivity index (χ1v) is 6.46. The van der Waals surface area contributed by atoms with E-state index in [0.29, 0.717) is 11.6 Å². The van der Waals surface area contributed by atoms with Crippen LogP contribution in [-0.2, 0) is 5.88 Å². The monoisotopic (exact) mass is 295 g/mol. The van der Waals surface area contributed by atoms with Gasteiger partial charge in [0.15, 0.2) is 0 Å². The molecule has 3 nitrogen and oxygen atoms in total. The van der Waals surface area contributed by atoms with Crippen LogP contribution in [0.3, 0.4) is 0 Å². The predicted octanol–water partition coefficient (Wildman–Crippen LogP) is 4.04. The van der Waals surface area contributed by atoms with E-state index in [4.69, 9.17) is 23.2 Å². The summed E-state index contributed by atoms with van der Waals surface area (Å²) in [5.41, 5.74) is 1.83. The van der Waals surface area contributed by atoms with Crippen LogP contribution < -0.4 is 5.32 Å². The molecule has 0 aromatic heterocycles. The summed E-state index contributed by atoms with van der Waals surface area (Å²) in [7, 11) is 0. The zero-order valence-corrected chi connectivity index (χ0v) is 11.4. The quantitative estimate of drug-likeness (QED) is 0.840. The van der Waals surface area contributed by atoms with Crippen LogP contribution in [0, 0.1) is 0 Å². The van der Waals surface area contributed by atoms with Gasteiger partial charge in [0.2, 0.25) is 0 Å². The van der Waals surface area contributed by atoms with Crippen molar-refractivity contribution in [2.45, 2.75) is 5.88 Å². The van der Waals surface area contributed by atoms with E-state index in [1.807, 2.05) is 12.1 Å². The molecule has 2 aromatic rings. The van der Waals surface area contributed by atoms with Crippen molar-refractivity contribution in [2.24, 2.45) is 0 Å². The Kier molecular flexibility index (Phi) is 4.30. The number of anilines is 1. The second-order valence-electron chi connectivity index (χ2n) is 3.95. The molecule has 0 saturated carbocycles. The van der Waals surface area contributed by atoms with Crippen LogP contribution in [-0.4, -0.2) is 11.0 Å². The lowest BCUT2D eigenvalue weighted by Crippen LogP contribution is -2.12. The Bertz CT molecular complexity index is 597. The summed E-state index contributed by atoms with van der Waals surface area (Å²) in [4.78, 5) is 12.0. The highest BCUT2D eigenvalue weighted by Gasteiger charge is 2.11. The van der Waals surface area contributed by atoms with E-state index < -0.39 is 0 Å². The van der Waals surface area contributed by atoms with Crippen molar-refractivity contribution in [1.29, 1.82) is 0 Å². The number of phenolic OH excluding ortho intramolecular Hbond substituents is 1. The van der Waals surface area contributed by atoms with Gasteiger partial charge in [0.25, 0.3) is 5.91 Å². The molecule has 2 aromatic carbocycles. The summed E-state index contributed by atoms with van der Waals surface area (Å²) < 4.78 is 0. The lowest BCUT2D eigenvalue weighted by Gasteiger charge is -2.07. The smallest absolute Gasteiger partial charge is 0.257 e. The summed E-state index contributed by atoms with van der Waals surface area (Å²) in [5.74, 6) is 0.0404. The molecule has 0 fully saturated rings. The highest BCUT2D eigenvalue weighted by molar-refractivity contribution is 6.34. The van der Waals surface area contributed by atoms with E-state index in [0.717, 1.165) is 5.56 Å². The lowest BCUT2D eigenvalue weighted by molar-refractivity contribution is 0.102. The number of carbonyl (C=O) groups excluding carboxylic acids is 1. The van der Waals surface area contributed by atoms with Gasteiger partial charge in [0, 0.05) is 11.6 Å². The minimum Gasteiger partial charge on any atom is -0.508 e. The third-order valence-corrected chi connectivity index (χ3v) is 3.20. The van der Waals surface area contributed by atoms with Gasteiger partial charge in [-0.25, -0.2) is 0 Å². The molecule has 98 valence electrons. The van der Waals surface area contributed by atoms with Gasteiger partial charge in [-0.2, -0.15) is 0 Å². The van der Waals surface area contributed by atoms with Crippen LogP contribution in [0.5, 0.6) is 5.75 Å². The number of benzene rings is 2. The molecule has 0 spiro atoms. The van der Waals surface area contributed by atoms with E-state index in [-0.39, 0.29) is 22.2 Å². The molecule has 0 unspecified atom stereocenters. The molecule has 2 rings (SSSR count). The maximum Gasteiger partial charge on any atom is 0.257 e. The van der Waals surface area contributed by atoms with Crippen LogP contribution in [0.4, 0.5) is 5.69 Å². The number of rotatable bonds is 3. The minimum absolute atomic E-state index is 0.00737. The van der Waals surface area contributed by atoms with Crippen LogP contribution in [0.15, 0.2) is 42.5 Å². The number of halogens is 2. The fourth-order valence-corrected chi connectivity index (χ4v) is 1.94. The van der Waals surface area contributed by atoms with Crippen molar-refractivity contribution in [3.05, 3.63) is 58.6 Å². The van der Waals surface area contributed by atoms with Crippen molar-refractivity contribution < 1.29 is 9.90 Å². The van der Waals surface area contributed by atoms with Crippen LogP contribution in [0.1, 0.15) is 15.9 Å². The van der Waals surface area contributed by atoms with Crippen LogP contribution in [0.25, 0.3) is 0 Å². The zero-order valence-electron chi connectivity index (χ0n) is 9.86. The van der Waals surface area contributed by atoms with E-state index in [9.17, 15) is 9.90 Å². The second kappa shape index (κ2) is 5.95. The number of hydrogen-bond donors (Lipinski definition) is 2. The van der Waals surface area contributed by atoms with Gasteiger partial charge in [0.05, 0.1) is 10.6 Å². The molecule has 0 saturated heterocycles. The highest BCUT2D eigenvalue weighted by Crippen LogP contribution is 2.22. The summed E-state index contributed by atoms with van der Waals surface area (Å²) in [6.45, 7) is 0. The van der Waals surface area contributed by atoms with Gasteiger partial charge in [-0.1, -0.05) is 23.7 Å². The van der Waals surface area contributed by atoms with Crippen molar-refractivity contribution >= 4 is 34.8 Å². The molecule has 0 atom stereocenters. The van der Waals surface area contributed by atoms with Gasteiger partial charge >= 0.3 is 0 Å². The molecule has 0 aliphatic heterocycles. The average molecular weight is 296 g/mol. The van der Waals surface area contributed by atoms with Crippen molar-refractivity contribution in [3.8, 4) is 5.75 Å². The molecule has 5 heteroatoms. The standard InChI is InChI=1S/C14H11Cl2NO2/c15-8-9-1-3-10(4-2-9)17-14(19)12-7-11(18)5-6-13(12)16/h1-7,18H,8H2,(H,17,19). The van der Waals surface area contributed by atoms with E-state index in [1.165, 1.54) is 18.2 Å². The number of carbonyl (C=O) groups is 1. The number of amides is 1. The zero-order chi connectivity index (χ0) is 13.8. The summed E-state index contributed by atoms with van der Waals surface area (Å²) >= 11 is 11.6. The first-order chi connectivity index (χ1) is 9.10. The molecule has 0 aliphatic carbocycles. The summed E-state index contributed by atoms with van der Waals surface area (Å²) in [6.07, 6.45) is 0. The van der Waals surface area contributed by atoms with E-state index >= 15 is 0 Å². The van der Waals surface area contributed by atoms with Crippen LogP contribution in [0.2, 0.25) is 5.02 Å². The first kappa shape index (κ1) is 13.7. The largest absolute Gasteiger partial charge is 0.508 e. The summed E-state index contributed by atoms with van der Waals surface area (Å²) in [6, 6.07) is 11.4. The Labute approximate surface area is 120 Å². The number of alkyl halides is 1. The molecule has 0 heterocycles. The maximum atomic E-state index is 12.0. The van der Waals surface area contributed by atoms with Crippen molar-refractivity contribution in [3.63, 3.8) is 0 Å². The van der Waals surface area contributed by atoms with Crippen molar-refractivity contribution in [2.75, 3.05) is 5.32 Å². The highest BCUT2D eigenvalue weighted by atomic mass is 35.5. The SMILES string of the molecule is O=C(Nc1ccc(CCl)cc1)c1cc(O)ccc1Cl. The average Bonchev–Trinajstić information content (AvgIpc) is 2.42. The fraction of sp³-hybridized carbons (Fsp3) is 0.0714. The van der Waals surface area contributed by atoms with E-state index in [2.05, 4.69) is 5.32 Å². The van der Waals surface area contributed by atoms with Gasteiger partial charge in [-0.05, 0) is 35.9 Å². The third-order valence-electron chi connectivity index (χ3n) is 2.56. The van der Waals surface area contributed by atoms with Gasteiger partial charge < -0.3 is 10.4 Å². The maximum absolute atomic E-state index is 12.0. The van der Waals surface area contributed by atoms with Crippen molar-refractivity contribution in [1.82, 2.24) is 0 Å². The Morgan fingerprint density at radius 2 is 1.84 bits per heavy atom. The molecule has 0 radical (unpaired) electrons. The molecule has 19 heavy (non-hydrogen) atoms. The third kappa shape index (κ3) is 3.40. The molecule has 1 amide bonds. The molecular formula is C14H11Cl2NO2. The van der Waals surface area contributed by atoms with Crippen LogP contribution >= 0.6 is 23.2 Å². The fourth-order valence-electron chi connectivity index (χ4n) is 1.56. The predicted molar refractivity (Wildman–Crippen MR) is 77.1 cm³/mol. The Hall–Kier alpha value is -1.71. The molecular weight excluding hydrogens is 285 g/mol. The van der Waals surface area contributed by atoms with E-state index in [1.54, 1.807) is 12.1 Å². The van der Waals surface area contributed by atoms with Gasteiger partial charge in [-0.3, -0.25) is 4.79 Å². The van der Waals surface area contributed by atoms with Gasteiger partial charge in [0.1, 0.15) is 5.75 Å². The normalized spacial score (nSPS) is 10.2. The summed E-state index contributed by atoms with van der Waals surface area (Å²) in [5, 5.41) is 12.4. The topological polar surface area (TPSA) is 49.3 Å². The Balaban J connectivity index is 2.18. The van der Waals surface area contributed by atoms with Gasteiger partial charge in [-0.15, -0.1) is 11.6 Å². The molecule has 0 bridgehead atoms. The molecule has 0 aliphatic rings. The first-order valence-electron chi connectivity index (χ1n) is 5.55. The number of hydrogen-bond acceptors (Lipinski definition) is 2. The number of nitrogens with one attached hydrogen (secondary N) is 1.